The Hall–Kier alpha value is -1.82. The van der Waals surface area contributed by atoms with Crippen molar-refractivity contribution in [1.29, 1.82) is 0 Å². The average molecular weight is 349 g/mol. The Bertz CT molecular complexity index is 616. The number of quaternary nitrogens is 1. The van der Waals surface area contributed by atoms with Gasteiger partial charge in [0.2, 0.25) is 0 Å². The van der Waals surface area contributed by atoms with E-state index in [4.69, 9.17) is 16.3 Å². The number of ether oxygens (including phenoxy) is 1. The van der Waals surface area contributed by atoms with Crippen LogP contribution in [0.5, 0.6) is 5.75 Å². The van der Waals surface area contributed by atoms with E-state index in [0.717, 1.165) is 37.7 Å². The Morgan fingerprint density at radius 3 is 2.58 bits per heavy atom. The molecule has 1 fully saturated rings. The number of hydrogen-bond donors (Lipinski definition) is 2. The molecule has 1 aromatic carbocycles. The van der Waals surface area contributed by atoms with Crippen LogP contribution in [0.4, 0.5) is 5.82 Å². The van der Waals surface area contributed by atoms with E-state index in [2.05, 4.69) is 9.88 Å². The molecule has 128 valence electrons. The fraction of sp³-hybridized carbons (Fsp3) is 0.389. The molecule has 0 spiro atoms. The third-order valence-corrected chi connectivity index (χ3v) is 4.48. The summed E-state index contributed by atoms with van der Waals surface area (Å²) in [4.78, 5) is 8.08. The van der Waals surface area contributed by atoms with Crippen molar-refractivity contribution in [3.63, 3.8) is 0 Å². The predicted octanol–water partition coefficient (Wildman–Crippen LogP) is 0.880. The Morgan fingerprint density at radius 2 is 1.92 bits per heavy atom. The summed E-state index contributed by atoms with van der Waals surface area (Å²) in [6, 6.07) is 13.2. The van der Waals surface area contributed by atoms with Crippen LogP contribution in [-0.2, 0) is 0 Å². The monoisotopic (exact) mass is 348 g/mol. The standard InChI is InChI=1S/C18H22ClN3O2/c19-15-4-6-17(7-5-15)24-14-16(23)13-21-9-11-22(12-10-21)18-3-1-2-8-20-18/h1-8,16,23H,9-14H2/p+1. The van der Waals surface area contributed by atoms with E-state index >= 15 is 0 Å². The molecule has 0 aliphatic carbocycles. The highest BCUT2D eigenvalue weighted by atomic mass is 35.5. The summed E-state index contributed by atoms with van der Waals surface area (Å²) in [5, 5.41) is 10.9. The molecule has 5 nitrogen and oxygen atoms in total. The van der Waals surface area contributed by atoms with Crippen molar-refractivity contribution in [1.82, 2.24) is 4.98 Å². The number of aliphatic hydroxyl groups is 1. The third kappa shape index (κ3) is 4.84. The minimum Gasteiger partial charge on any atom is -0.491 e. The highest BCUT2D eigenvalue weighted by Gasteiger charge is 2.23. The Labute approximate surface area is 147 Å². The molecule has 6 heteroatoms. The molecular formula is C18H23ClN3O2+. The van der Waals surface area contributed by atoms with Crippen molar-refractivity contribution in [2.45, 2.75) is 6.10 Å². The first-order chi connectivity index (χ1) is 11.7. The largest absolute Gasteiger partial charge is 0.491 e. The molecule has 1 atom stereocenters. The molecule has 1 aromatic heterocycles. The summed E-state index contributed by atoms with van der Waals surface area (Å²) < 4.78 is 5.61. The highest BCUT2D eigenvalue weighted by molar-refractivity contribution is 6.30. The van der Waals surface area contributed by atoms with Gasteiger partial charge in [-0.05, 0) is 36.4 Å². The van der Waals surface area contributed by atoms with Gasteiger partial charge in [-0.1, -0.05) is 17.7 Å². The summed E-state index contributed by atoms with van der Waals surface area (Å²) in [5.74, 6) is 1.76. The Morgan fingerprint density at radius 1 is 1.17 bits per heavy atom. The van der Waals surface area contributed by atoms with Crippen LogP contribution in [0.1, 0.15) is 0 Å². The van der Waals surface area contributed by atoms with Crippen LogP contribution < -0.4 is 14.5 Å². The lowest BCUT2D eigenvalue weighted by atomic mass is 10.2. The second kappa shape index (κ2) is 8.33. The second-order valence-corrected chi connectivity index (χ2v) is 6.48. The molecule has 1 aliphatic heterocycles. The molecule has 2 aromatic rings. The zero-order valence-electron chi connectivity index (χ0n) is 13.6. The van der Waals surface area contributed by atoms with Gasteiger partial charge >= 0.3 is 0 Å². The predicted molar refractivity (Wildman–Crippen MR) is 95.0 cm³/mol. The van der Waals surface area contributed by atoms with Gasteiger partial charge in [-0.25, -0.2) is 4.98 Å². The number of hydrogen-bond acceptors (Lipinski definition) is 4. The maximum Gasteiger partial charge on any atom is 0.137 e. The van der Waals surface area contributed by atoms with Crippen LogP contribution in [0.2, 0.25) is 5.02 Å². The maximum atomic E-state index is 10.2. The quantitative estimate of drug-likeness (QED) is 0.813. The second-order valence-electron chi connectivity index (χ2n) is 6.05. The van der Waals surface area contributed by atoms with E-state index < -0.39 is 6.10 Å². The van der Waals surface area contributed by atoms with Gasteiger partial charge in [0.1, 0.15) is 30.8 Å². The number of nitrogens with one attached hydrogen (secondary N) is 1. The van der Waals surface area contributed by atoms with E-state index in [-0.39, 0.29) is 0 Å². The fourth-order valence-corrected chi connectivity index (χ4v) is 3.04. The number of benzene rings is 1. The molecule has 2 N–H and O–H groups in total. The van der Waals surface area contributed by atoms with Crippen LogP contribution in [-0.4, -0.2) is 55.5 Å². The highest BCUT2D eigenvalue weighted by Crippen LogP contribution is 2.15. The van der Waals surface area contributed by atoms with E-state index in [1.807, 2.05) is 36.5 Å². The van der Waals surface area contributed by atoms with Gasteiger partial charge in [0.05, 0.1) is 26.2 Å². The number of piperazine rings is 1. The van der Waals surface area contributed by atoms with Gasteiger partial charge in [-0.2, -0.15) is 0 Å². The molecule has 0 saturated carbocycles. The van der Waals surface area contributed by atoms with Gasteiger partial charge < -0.3 is 19.6 Å². The minimum absolute atomic E-state index is 0.301. The maximum absolute atomic E-state index is 10.2. The number of aromatic nitrogens is 1. The number of halogens is 1. The Balaban J connectivity index is 1.40. The molecule has 2 heterocycles. The minimum atomic E-state index is -0.475. The fourth-order valence-electron chi connectivity index (χ4n) is 2.91. The van der Waals surface area contributed by atoms with Gasteiger partial charge in [0.25, 0.3) is 0 Å². The third-order valence-electron chi connectivity index (χ3n) is 4.22. The Kier molecular flexibility index (Phi) is 5.91. The van der Waals surface area contributed by atoms with Crippen molar-refractivity contribution >= 4 is 17.4 Å². The topological polar surface area (TPSA) is 50.0 Å². The van der Waals surface area contributed by atoms with Gasteiger partial charge in [0, 0.05) is 11.2 Å². The van der Waals surface area contributed by atoms with Crippen molar-refractivity contribution in [3.05, 3.63) is 53.7 Å². The first-order valence-corrected chi connectivity index (χ1v) is 8.64. The molecule has 3 rings (SSSR count). The van der Waals surface area contributed by atoms with Crippen molar-refractivity contribution < 1.29 is 14.7 Å². The van der Waals surface area contributed by atoms with Crippen molar-refractivity contribution in [2.24, 2.45) is 0 Å². The summed E-state index contributed by atoms with van der Waals surface area (Å²) in [5.41, 5.74) is 0. The normalized spacial score (nSPS) is 16.8. The average Bonchev–Trinajstić information content (AvgIpc) is 2.63. The summed E-state index contributed by atoms with van der Waals surface area (Å²) in [7, 11) is 0. The molecule has 0 bridgehead atoms. The number of aliphatic hydroxyl groups excluding tert-OH is 1. The molecule has 24 heavy (non-hydrogen) atoms. The van der Waals surface area contributed by atoms with Gasteiger partial charge in [0.15, 0.2) is 0 Å². The van der Waals surface area contributed by atoms with Crippen LogP contribution in [0.3, 0.4) is 0 Å². The van der Waals surface area contributed by atoms with Crippen LogP contribution in [0.25, 0.3) is 0 Å². The van der Waals surface area contributed by atoms with Crippen molar-refractivity contribution in [2.75, 3.05) is 44.2 Å². The van der Waals surface area contributed by atoms with Crippen LogP contribution in [0.15, 0.2) is 48.7 Å². The van der Waals surface area contributed by atoms with Gasteiger partial charge in [-0.3, -0.25) is 0 Å². The smallest absolute Gasteiger partial charge is 0.137 e. The van der Waals surface area contributed by atoms with E-state index in [9.17, 15) is 5.11 Å². The first-order valence-electron chi connectivity index (χ1n) is 8.27. The molecule has 1 unspecified atom stereocenters. The van der Waals surface area contributed by atoms with Crippen LogP contribution in [0, 0.1) is 0 Å². The molecular weight excluding hydrogens is 326 g/mol. The number of anilines is 1. The first kappa shape index (κ1) is 17.0. The van der Waals surface area contributed by atoms with Crippen molar-refractivity contribution in [3.8, 4) is 5.75 Å². The molecule has 0 radical (unpaired) electrons. The SMILES string of the molecule is OC(COc1ccc(Cl)cc1)C[NH+]1CCN(c2ccccn2)CC1. The molecule has 0 amide bonds. The number of nitrogens with zero attached hydrogens (tertiary/aromatic N) is 2. The van der Waals surface area contributed by atoms with E-state index in [1.165, 1.54) is 4.90 Å². The van der Waals surface area contributed by atoms with Gasteiger partial charge in [-0.15, -0.1) is 0 Å². The summed E-state index contributed by atoms with van der Waals surface area (Å²) in [6.07, 6.45) is 1.35. The zero-order valence-corrected chi connectivity index (χ0v) is 14.3. The number of rotatable bonds is 6. The zero-order chi connectivity index (χ0) is 16.8. The lowest BCUT2D eigenvalue weighted by Crippen LogP contribution is -3.16. The number of pyridine rings is 1. The lowest BCUT2D eigenvalue weighted by molar-refractivity contribution is -0.903. The summed E-state index contributed by atoms with van der Waals surface area (Å²) >= 11 is 5.84. The molecule has 1 aliphatic rings. The molecule has 1 saturated heterocycles. The lowest BCUT2D eigenvalue weighted by Gasteiger charge is -2.33. The van der Waals surface area contributed by atoms with E-state index in [1.54, 1.807) is 12.1 Å². The summed E-state index contributed by atoms with van der Waals surface area (Å²) in [6.45, 7) is 4.90. The van der Waals surface area contributed by atoms with Crippen LogP contribution >= 0.6 is 11.6 Å². The van der Waals surface area contributed by atoms with E-state index in [0.29, 0.717) is 18.2 Å².